The van der Waals surface area contributed by atoms with Crippen LogP contribution < -0.4 is 4.74 Å². The number of nitrogens with zero attached hydrogens (tertiary/aromatic N) is 3. The van der Waals surface area contributed by atoms with Gasteiger partial charge in [-0.1, -0.05) is 0 Å². The Labute approximate surface area is 135 Å². The summed E-state index contributed by atoms with van der Waals surface area (Å²) in [6.45, 7) is 2.82. The van der Waals surface area contributed by atoms with Crippen LogP contribution in [-0.4, -0.2) is 39.8 Å². The summed E-state index contributed by atoms with van der Waals surface area (Å²) in [6, 6.07) is 1.82. The minimum atomic E-state index is 0.100. The minimum absolute atomic E-state index is 0.100. The van der Waals surface area contributed by atoms with Gasteiger partial charge in [0.05, 0.1) is 25.0 Å². The highest BCUT2D eigenvalue weighted by Crippen LogP contribution is 2.32. The van der Waals surface area contributed by atoms with E-state index in [1.807, 2.05) is 18.0 Å². The summed E-state index contributed by atoms with van der Waals surface area (Å²) in [5.74, 6) is 1.25. The number of nitrogens with one attached hydrogen (secondary N) is 1. The number of carbonyl (C=O) groups excluding carboxylic acids is 1. The molecule has 0 saturated carbocycles. The first-order chi connectivity index (χ1) is 11.2. The zero-order valence-electron chi connectivity index (χ0n) is 13.5. The van der Waals surface area contributed by atoms with Crippen molar-refractivity contribution in [1.29, 1.82) is 0 Å². The summed E-state index contributed by atoms with van der Waals surface area (Å²) in [4.78, 5) is 14.6. The summed E-state index contributed by atoms with van der Waals surface area (Å²) in [5, 5.41) is 10.9. The maximum atomic E-state index is 12.7. The van der Waals surface area contributed by atoms with Gasteiger partial charge in [-0.05, 0) is 36.9 Å². The molecule has 1 atom stereocenters. The lowest BCUT2D eigenvalue weighted by molar-refractivity contribution is -0.135. The molecule has 1 aliphatic rings. The fraction of sp³-hybridized carbons (Fsp3) is 0.562. The molecule has 124 valence electrons. The van der Waals surface area contributed by atoms with Gasteiger partial charge in [0.25, 0.3) is 5.88 Å². The molecule has 3 heterocycles. The van der Waals surface area contributed by atoms with Crippen LogP contribution in [0, 0.1) is 6.92 Å². The number of hydrogen-bond donors (Lipinski definition) is 1. The van der Waals surface area contributed by atoms with Crippen molar-refractivity contribution in [2.45, 2.75) is 45.1 Å². The van der Waals surface area contributed by atoms with Crippen LogP contribution in [0.25, 0.3) is 0 Å². The average Bonchev–Trinajstić information content (AvgIpc) is 3.21. The molecule has 2 aromatic heterocycles. The highest BCUT2D eigenvalue weighted by molar-refractivity contribution is 5.77. The van der Waals surface area contributed by atoms with E-state index in [9.17, 15) is 4.79 Å². The van der Waals surface area contributed by atoms with Crippen molar-refractivity contribution in [2.75, 3.05) is 13.7 Å². The second-order valence-corrected chi connectivity index (χ2v) is 5.90. The number of amides is 1. The molecule has 0 bridgehead atoms. The molecule has 7 heteroatoms. The number of aryl methyl sites for hydroxylation is 2. The number of aromatic amines is 1. The van der Waals surface area contributed by atoms with Gasteiger partial charge >= 0.3 is 0 Å². The smallest absolute Gasteiger partial charge is 0.254 e. The lowest BCUT2D eigenvalue weighted by Gasteiger charge is -2.35. The third-order valence-corrected chi connectivity index (χ3v) is 4.36. The number of likely N-dealkylation sites (tertiary alicyclic amines) is 1. The fourth-order valence-corrected chi connectivity index (χ4v) is 3.11. The molecule has 0 unspecified atom stereocenters. The van der Waals surface area contributed by atoms with Crippen molar-refractivity contribution in [2.24, 2.45) is 0 Å². The molecule has 23 heavy (non-hydrogen) atoms. The molecule has 7 nitrogen and oxygen atoms in total. The van der Waals surface area contributed by atoms with E-state index in [-0.39, 0.29) is 11.9 Å². The first-order valence-electron chi connectivity index (χ1n) is 7.98. The van der Waals surface area contributed by atoms with Gasteiger partial charge in [-0.2, -0.15) is 5.10 Å². The van der Waals surface area contributed by atoms with Crippen LogP contribution in [-0.2, 0) is 11.2 Å². The normalized spacial score (nSPS) is 18.2. The van der Waals surface area contributed by atoms with Crippen LogP contribution in [0.15, 0.2) is 16.8 Å². The van der Waals surface area contributed by atoms with Crippen LogP contribution in [0.1, 0.15) is 48.7 Å². The summed E-state index contributed by atoms with van der Waals surface area (Å²) in [5.41, 5.74) is 2.16. The summed E-state index contributed by atoms with van der Waals surface area (Å²) >= 11 is 0. The predicted octanol–water partition coefficient (Wildman–Crippen LogP) is 2.40. The number of ether oxygens (including phenoxy) is 1. The third-order valence-electron chi connectivity index (χ3n) is 4.36. The number of rotatable bonds is 5. The maximum absolute atomic E-state index is 12.7. The topological polar surface area (TPSA) is 84.2 Å². The molecule has 0 spiro atoms. The van der Waals surface area contributed by atoms with Gasteiger partial charge in [-0.15, -0.1) is 0 Å². The van der Waals surface area contributed by atoms with Crippen LogP contribution >= 0.6 is 0 Å². The molecule has 0 radical (unpaired) electrons. The Hall–Kier alpha value is -2.31. The number of aromatic nitrogens is 3. The second-order valence-electron chi connectivity index (χ2n) is 5.90. The fourth-order valence-electron chi connectivity index (χ4n) is 3.11. The first-order valence-corrected chi connectivity index (χ1v) is 7.98. The molecule has 1 fully saturated rings. The highest BCUT2D eigenvalue weighted by atomic mass is 16.5. The van der Waals surface area contributed by atoms with Gasteiger partial charge in [0.15, 0.2) is 0 Å². The van der Waals surface area contributed by atoms with E-state index < -0.39 is 0 Å². The van der Waals surface area contributed by atoms with Crippen molar-refractivity contribution in [3.63, 3.8) is 0 Å². The zero-order valence-corrected chi connectivity index (χ0v) is 13.5. The average molecular weight is 318 g/mol. The summed E-state index contributed by atoms with van der Waals surface area (Å²) in [6.07, 6.45) is 5.90. The SMILES string of the molecule is COc1cc(CCC(=O)N2CCCC[C@H]2c2[nH]ncc2C)on1. The molecule has 3 rings (SSSR count). The minimum Gasteiger partial charge on any atom is -0.479 e. The van der Waals surface area contributed by atoms with Crippen molar-refractivity contribution >= 4 is 5.91 Å². The first kappa shape index (κ1) is 15.6. The Morgan fingerprint density at radius 3 is 3.09 bits per heavy atom. The number of H-pyrrole nitrogens is 1. The lowest BCUT2D eigenvalue weighted by Crippen LogP contribution is -2.39. The standard InChI is InChI=1S/C16H22N4O3/c1-11-10-17-18-16(11)13-5-3-4-8-20(13)15(21)7-6-12-9-14(22-2)19-23-12/h9-10,13H,3-8H2,1-2H3,(H,17,18)/t13-/m0/s1. The summed E-state index contributed by atoms with van der Waals surface area (Å²) < 4.78 is 10.1. The molecule has 1 N–H and O–H groups in total. The Kier molecular flexibility index (Phi) is 4.64. The molecular weight excluding hydrogens is 296 g/mol. The van der Waals surface area contributed by atoms with Gasteiger partial charge in [0.2, 0.25) is 5.91 Å². The van der Waals surface area contributed by atoms with Gasteiger partial charge in [0, 0.05) is 25.5 Å². The van der Waals surface area contributed by atoms with Crippen molar-refractivity contribution in [1.82, 2.24) is 20.3 Å². The molecule has 1 amide bonds. The van der Waals surface area contributed by atoms with E-state index in [2.05, 4.69) is 15.4 Å². The van der Waals surface area contributed by atoms with Gasteiger partial charge in [0.1, 0.15) is 5.76 Å². The highest BCUT2D eigenvalue weighted by Gasteiger charge is 2.29. The van der Waals surface area contributed by atoms with Crippen molar-refractivity contribution in [3.05, 3.63) is 29.3 Å². The van der Waals surface area contributed by atoms with Gasteiger partial charge in [-0.3, -0.25) is 9.89 Å². The van der Waals surface area contributed by atoms with E-state index in [4.69, 9.17) is 9.26 Å². The predicted molar refractivity (Wildman–Crippen MR) is 83.0 cm³/mol. The number of methoxy groups -OCH3 is 1. The molecular formula is C16H22N4O3. The van der Waals surface area contributed by atoms with Crippen LogP contribution in [0.5, 0.6) is 5.88 Å². The van der Waals surface area contributed by atoms with Crippen LogP contribution in [0.3, 0.4) is 0 Å². The van der Waals surface area contributed by atoms with Crippen LogP contribution in [0.4, 0.5) is 0 Å². The second kappa shape index (κ2) is 6.85. The van der Waals surface area contributed by atoms with E-state index in [0.717, 1.165) is 37.1 Å². The Morgan fingerprint density at radius 1 is 1.52 bits per heavy atom. The maximum Gasteiger partial charge on any atom is 0.254 e. The van der Waals surface area contributed by atoms with E-state index in [1.165, 1.54) is 7.11 Å². The lowest BCUT2D eigenvalue weighted by atomic mass is 9.97. The molecule has 0 aromatic carbocycles. The monoisotopic (exact) mass is 318 g/mol. The Morgan fingerprint density at radius 2 is 2.39 bits per heavy atom. The van der Waals surface area contributed by atoms with Gasteiger partial charge < -0.3 is 14.2 Å². The summed E-state index contributed by atoms with van der Waals surface area (Å²) in [7, 11) is 1.54. The number of piperidine rings is 1. The van der Waals surface area contributed by atoms with Crippen molar-refractivity contribution in [3.8, 4) is 5.88 Å². The molecule has 0 aliphatic carbocycles. The molecule has 1 saturated heterocycles. The van der Waals surface area contributed by atoms with E-state index >= 15 is 0 Å². The molecule has 2 aromatic rings. The van der Waals surface area contributed by atoms with Crippen LogP contribution in [0.2, 0.25) is 0 Å². The van der Waals surface area contributed by atoms with E-state index in [1.54, 1.807) is 6.07 Å². The van der Waals surface area contributed by atoms with Crippen molar-refractivity contribution < 1.29 is 14.1 Å². The molecule has 1 aliphatic heterocycles. The van der Waals surface area contributed by atoms with E-state index in [0.29, 0.717) is 24.5 Å². The number of hydrogen-bond acceptors (Lipinski definition) is 5. The Bertz CT molecular complexity index is 664. The Balaban J connectivity index is 1.65. The third kappa shape index (κ3) is 3.38. The largest absolute Gasteiger partial charge is 0.479 e. The zero-order chi connectivity index (χ0) is 16.2. The quantitative estimate of drug-likeness (QED) is 0.915. The number of carbonyl (C=O) groups is 1. The van der Waals surface area contributed by atoms with Gasteiger partial charge in [-0.25, -0.2) is 0 Å².